The second-order valence-electron chi connectivity index (χ2n) is 5.72. The summed E-state index contributed by atoms with van der Waals surface area (Å²) in [6.07, 6.45) is 0. The molecule has 0 spiro atoms. The van der Waals surface area contributed by atoms with Gasteiger partial charge in [0.15, 0.2) is 0 Å². The van der Waals surface area contributed by atoms with Crippen LogP contribution in [0.15, 0.2) is 62.8 Å². The molecule has 3 rings (SSSR count). The zero-order valence-corrected chi connectivity index (χ0v) is 16.8. The number of rotatable bonds is 4. The van der Waals surface area contributed by atoms with Crippen molar-refractivity contribution in [2.24, 2.45) is 0 Å². The minimum absolute atomic E-state index is 0.00603. The van der Waals surface area contributed by atoms with Gasteiger partial charge in [0.05, 0.1) is 9.79 Å². The fraction of sp³-hybridized carbons (Fsp3) is 0.250. The highest BCUT2D eigenvalue weighted by Gasteiger charge is 2.33. The molecule has 1 heterocycles. The monoisotopic (exact) mass is 462 g/mol. The molecule has 0 aromatic heterocycles. The van der Waals surface area contributed by atoms with E-state index >= 15 is 0 Å². The van der Waals surface area contributed by atoms with E-state index in [-0.39, 0.29) is 36.0 Å². The van der Waals surface area contributed by atoms with Crippen molar-refractivity contribution < 1.29 is 21.2 Å². The SMILES string of the molecule is O=S(=O)(c1cccc(F)c1)N1CCN(S(=O)(=O)c2cccc(Br)c2)CC1. The lowest BCUT2D eigenvalue weighted by Crippen LogP contribution is -2.50. The molecule has 0 atom stereocenters. The van der Waals surface area contributed by atoms with Gasteiger partial charge in [0, 0.05) is 30.7 Å². The van der Waals surface area contributed by atoms with Gasteiger partial charge in [-0.25, -0.2) is 21.2 Å². The maximum atomic E-state index is 13.3. The van der Waals surface area contributed by atoms with Crippen molar-refractivity contribution in [3.8, 4) is 0 Å². The molecule has 1 saturated heterocycles. The van der Waals surface area contributed by atoms with Crippen LogP contribution in [0.1, 0.15) is 0 Å². The molecule has 2 aromatic rings. The number of benzene rings is 2. The summed E-state index contributed by atoms with van der Waals surface area (Å²) in [5.74, 6) is -0.637. The first-order valence-corrected chi connectivity index (χ1v) is 11.4. The van der Waals surface area contributed by atoms with E-state index in [1.54, 1.807) is 12.1 Å². The zero-order chi connectivity index (χ0) is 18.9. The molecular weight excluding hydrogens is 447 g/mol. The zero-order valence-electron chi connectivity index (χ0n) is 13.5. The summed E-state index contributed by atoms with van der Waals surface area (Å²) >= 11 is 3.24. The van der Waals surface area contributed by atoms with Gasteiger partial charge >= 0.3 is 0 Å². The lowest BCUT2D eigenvalue weighted by Gasteiger charge is -2.33. The van der Waals surface area contributed by atoms with Crippen LogP contribution in [0.4, 0.5) is 4.39 Å². The van der Waals surface area contributed by atoms with Crippen LogP contribution in [0.25, 0.3) is 0 Å². The normalized spacial score (nSPS) is 17.3. The van der Waals surface area contributed by atoms with Crippen molar-refractivity contribution in [3.63, 3.8) is 0 Å². The summed E-state index contributed by atoms with van der Waals surface area (Å²) in [5, 5.41) is 0. The van der Waals surface area contributed by atoms with Gasteiger partial charge in [0.2, 0.25) is 20.0 Å². The number of piperazine rings is 1. The van der Waals surface area contributed by atoms with Crippen LogP contribution in [0.3, 0.4) is 0 Å². The van der Waals surface area contributed by atoms with Crippen molar-refractivity contribution in [1.82, 2.24) is 8.61 Å². The maximum absolute atomic E-state index is 13.3. The predicted molar refractivity (Wildman–Crippen MR) is 98.1 cm³/mol. The lowest BCUT2D eigenvalue weighted by atomic mass is 10.4. The van der Waals surface area contributed by atoms with E-state index < -0.39 is 25.9 Å². The summed E-state index contributed by atoms with van der Waals surface area (Å²) in [4.78, 5) is 0.00843. The third-order valence-corrected chi connectivity index (χ3v) is 8.35. The molecule has 1 aliphatic heterocycles. The van der Waals surface area contributed by atoms with E-state index in [0.717, 1.165) is 6.07 Å². The Hall–Kier alpha value is -1.33. The Kier molecular flexibility index (Phi) is 5.50. The lowest BCUT2D eigenvalue weighted by molar-refractivity contribution is 0.272. The van der Waals surface area contributed by atoms with Crippen molar-refractivity contribution >= 4 is 36.0 Å². The minimum atomic E-state index is -3.86. The van der Waals surface area contributed by atoms with Gasteiger partial charge in [-0.05, 0) is 36.4 Å². The quantitative estimate of drug-likeness (QED) is 0.698. The number of sulfonamides is 2. The van der Waals surface area contributed by atoms with Crippen LogP contribution in [0.2, 0.25) is 0 Å². The first-order valence-electron chi connectivity index (χ1n) is 7.73. The number of hydrogen-bond acceptors (Lipinski definition) is 4. The smallest absolute Gasteiger partial charge is 0.207 e. The molecule has 0 aliphatic carbocycles. The van der Waals surface area contributed by atoms with Gasteiger partial charge in [-0.3, -0.25) is 0 Å². The summed E-state index contributed by atoms with van der Waals surface area (Å²) in [6, 6.07) is 11.1. The van der Waals surface area contributed by atoms with Crippen LogP contribution in [-0.2, 0) is 20.0 Å². The second-order valence-corrected chi connectivity index (χ2v) is 10.5. The van der Waals surface area contributed by atoms with Crippen molar-refractivity contribution in [2.45, 2.75) is 9.79 Å². The topological polar surface area (TPSA) is 74.8 Å². The van der Waals surface area contributed by atoms with E-state index in [1.807, 2.05) is 0 Å². The molecule has 0 radical (unpaired) electrons. The Morgan fingerprint density at radius 2 is 1.23 bits per heavy atom. The minimum Gasteiger partial charge on any atom is -0.207 e. The highest BCUT2D eigenvalue weighted by Crippen LogP contribution is 2.23. The Balaban J connectivity index is 1.77. The molecule has 0 N–H and O–H groups in total. The first-order chi connectivity index (χ1) is 12.2. The van der Waals surface area contributed by atoms with Crippen LogP contribution in [0.5, 0.6) is 0 Å². The predicted octanol–water partition coefficient (Wildman–Crippen LogP) is 2.28. The van der Waals surface area contributed by atoms with E-state index in [0.29, 0.717) is 4.47 Å². The van der Waals surface area contributed by atoms with Gasteiger partial charge in [0.25, 0.3) is 0 Å². The van der Waals surface area contributed by atoms with Gasteiger partial charge in [-0.15, -0.1) is 0 Å². The fourth-order valence-electron chi connectivity index (χ4n) is 2.70. The van der Waals surface area contributed by atoms with Crippen LogP contribution in [0, 0.1) is 5.82 Å². The molecule has 1 aliphatic rings. The Labute approximate surface area is 160 Å². The third-order valence-electron chi connectivity index (χ3n) is 4.07. The Morgan fingerprint density at radius 1 is 0.769 bits per heavy atom. The molecule has 2 aromatic carbocycles. The summed E-state index contributed by atoms with van der Waals surface area (Å²) < 4.78 is 67.0. The number of nitrogens with zero attached hydrogens (tertiary/aromatic N) is 2. The average Bonchev–Trinajstić information content (AvgIpc) is 2.62. The highest BCUT2D eigenvalue weighted by molar-refractivity contribution is 9.10. The van der Waals surface area contributed by atoms with E-state index in [2.05, 4.69) is 15.9 Å². The van der Waals surface area contributed by atoms with Crippen LogP contribution >= 0.6 is 15.9 Å². The second kappa shape index (κ2) is 7.35. The van der Waals surface area contributed by atoms with Gasteiger partial charge in [-0.1, -0.05) is 28.1 Å². The molecule has 1 fully saturated rings. The maximum Gasteiger partial charge on any atom is 0.243 e. The summed E-state index contributed by atoms with van der Waals surface area (Å²) in [7, 11) is -7.56. The summed E-state index contributed by atoms with van der Waals surface area (Å²) in [6.45, 7) is 0.0743. The highest BCUT2D eigenvalue weighted by atomic mass is 79.9. The van der Waals surface area contributed by atoms with Gasteiger partial charge in [-0.2, -0.15) is 8.61 Å². The molecule has 0 bridgehead atoms. The standard InChI is InChI=1S/C16H16BrFN2O4S2/c17-13-3-1-5-15(11-13)25(21,22)19-7-9-20(10-8-19)26(23,24)16-6-2-4-14(18)12-16/h1-6,11-12H,7-10H2. The summed E-state index contributed by atoms with van der Waals surface area (Å²) in [5.41, 5.74) is 0. The van der Waals surface area contributed by atoms with Crippen molar-refractivity contribution in [2.75, 3.05) is 26.2 Å². The molecule has 26 heavy (non-hydrogen) atoms. The molecule has 10 heteroatoms. The molecule has 0 unspecified atom stereocenters. The molecular formula is C16H16BrFN2O4S2. The Morgan fingerprint density at radius 3 is 1.69 bits per heavy atom. The van der Waals surface area contributed by atoms with E-state index in [9.17, 15) is 21.2 Å². The van der Waals surface area contributed by atoms with Crippen LogP contribution in [-0.4, -0.2) is 51.6 Å². The largest absolute Gasteiger partial charge is 0.243 e. The average molecular weight is 463 g/mol. The van der Waals surface area contributed by atoms with Crippen molar-refractivity contribution in [1.29, 1.82) is 0 Å². The van der Waals surface area contributed by atoms with E-state index in [1.165, 1.54) is 38.9 Å². The van der Waals surface area contributed by atoms with Gasteiger partial charge in [0.1, 0.15) is 5.82 Å². The van der Waals surface area contributed by atoms with Crippen LogP contribution < -0.4 is 0 Å². The fourth-order valence-corrected chi connectivity index (χ4v) is 6.18. The molecule has 0 saturated carbocycles. The number of hydrogen-bond donors (Lipinski definition) is 0. The van der Waals surface area contributed by atoms with Gasteiger partial charge < -0.3 is 0 Å². The van der Waals surface area contributed by atoms with Crippen molar-refractivity contribution in [3.05, 3.63) is 58.8 Å². The number of halogens is 2. The third kappa shape index (κ3) is 3.84. The molecule has 140 valence electrons. The molecule has 6 nitrogen and oxygen atoms in total. The molecule has 0 amide bonds. The van der Waals surface area contributed by atoms with E-state index in [4.69, 9.17) is 0 Å². The Bertz CT molecular complexity index is 937. The first kappa shape index (κ1) is 19.4.